The highest BCUT2D eigenvalue weighted by Crippen LogP contribution is 2.24. The highest BCUT2D eigenvalue weighted by Gasteiger charge is 2.11. The number of aryl methyl sites for hydroxylation is 2. The molecule has 0 aliphatic carbocycles. The summed E-state index contributed by atoms with van der Waals surface area (Å²) in [5.74, 6) is -0.303. The molecule has 7 heteroatoms. The van der Waals surface area contributed by atoms with Crippen molar-refractivity contribution in [1.82, 2.24) is 19.3 Å². The first-order valence-electron chi connectivity index (χ1n) is 6.02. The number of hydrogen-bond donors (Lipinski definition) is 1. The van der Waals surface area contributed by atoms with Gasteiger partial charge in [-0.3, -0.25) is 4.68 Å². The third-order valence-corrected chi connectivity index (χ3v) is 4.19. The average molecular weight is 355 g/mol. The van der Waals surface area contributed by atoms with Gasteiger partial charge in [-0.15, -0.1) is 0 Å². The zero-order chi connectivity index (χ0) is 14.4. The summed E-state index contributed by atoms with van der Waals surface area (Å²) in [6, 6.07) is 3.19. The molecule has 3 rings (SSSR count). The molecule has 0 saturated carbocycles. The van der Waals surface area contributed by atoms with Gasteiger partial charge < -0.3 is 9.55 Å². The van der Waals surface area contributed by atoms with E-state index in [2.05, 4.69) is 26.0 Å². The van der Waals surface area contributed by atoms with E-state index in [0.29, 0.717) is 15.8 Å². The summed E-state index contributed by atoms with van der Waals surface area (Å²) in [4.78, 5) is 3.10. The Bertz CT molecular complexity index is 861. The molecule has 0 aliphatic rings. The number of nitrogens with zero attached hydrogens (tertiary/aromatic N) is 3. The second-order valence-electron chi connectivity index (χ2n) is 4.71. The summed E-state index contributed by atoms with van der Waals surface area (Å²) in [7, 11) is 1.88. The van der Waals surface area contributed by atoms with Gasteiger partial charge in [0.05, 0.1) is 27.7 Å². The zero-order valence-electron chi connectivity index (χ0n) is 10.9. The van der Waals surface area contributed by atoms with E-state index in [4.69, 9.17) is 12.2 Å². The lowest BCUT2D eigenvalue weighted by Gasteiger charge is -2.04. The van der Waals surface area contributed by atoms with Crippen LogP contribution in [0.2, 0.25) is 0 Å². The SMILES string of the molecule is Cc1nn(C)cc1Cn1c(=S)[nH]c2cc(Br)c(F)cc21. The molecule has 3 aromatic rings. The fourth-order valence-corrected chi connectivity index (χ4v) is 2.90. The maximum Gasteiger partial charge on any atom is 0.178 e. The van der Waals surface area contributed by atoms with Crippen molar-refractivity contribution in [3.63, 3.8) is 0 Å². The summed E-state index contributed by atoms with van der Waals surface area (Å²) in [6.07, 6.45) is 1.95. The molecule has 2 heterocycles. The third kappa shape index (κ3) is 2.20. The van der Waals surface area contributed by atoms with Crippen LogP contribution in [0.25, 0.3) is 11.0 Å². The van der Waals surface area contributed by atoms with Gasteiger partial charge in [-0.25, -0.2) is 4.39 Å². The Labute approximate surface area is 128 Å². The summed E-state index contributed by atoms with van der Waals surface area (Å²) < 4.78 is 18.4. The predicted molar refractivity (Wildman–Crippen MR) is 81.8 cm³/mol. The molecular weight excluding hydrogens is 343 g/mol. The van der Waals surface area contributed by atoms with E-state index in [-0.39, 0.29) is 5.82 Å². The number of nitrogens with one attached hydrogen (secondary N) is 1. The number of rotatable bonds is 2. The van der Waals surface area contributed by atoms with E-state index in [1.54, 1.807) is 10.7 Å². The van der Waals surface area contributed by atoms with Crippen molar-refractivity contribution in [2.45, 2.75) is 13.5 Å². The molecule has 4 nitrogen and oxygen atoms in total. The molecule has 0 atom stereocenters. The lowest BCUT2D eigenvalue weighted by molar-refractivity contribution is 0.622. The van der Waals surface area contributed by atoms with Crippen molar-refractivity contribution in [2.75, 3.05) is 0 Å². The van der Waals surface area contributed by atoms with Crippen LogP contribution in [-0.2, 0) is 13.6 Å². The number of hydrogen-bond acceptors (Lipinski definition) is 2. The maximum atomic E-state index is 13.7. The van der Waals surface area contributed by atoms with Crippen LogP contribution in [-0.4, -0.2) is 19.3 Å². The molecule has 2 aromatic heterocycles. The van der Waals surface area contributed by atoms with Crippen molar-refractivity contribution in [2.24, 2.45) is 7.05 Å². The minimum absolute atomic E-state index is 0.303. The van der Waals surface area contributed by atoms with Crippen LogP contribution in [0, 0.1) is 17.5 Å². The summed E-state index contributed by atoms with van der Waals surface area (Å²) in [5.41, 5.74) is 3.57. The molecule has 0 bridgehead atoms. The van der Waals surface area contributed by atoms with Crippen LogP contribution in [0.15, 0.2) is 22.8 Å². The topological polar surface area (TPSA) is 38.5 Å². The van der Waals surface area contributed by atoms with Crippen molar-refractivity contribution in [3.05, 3.63) is 44.6 Å². The number of aromatic nitrogens is 4. The monoisotopic (exact) mass is 354 g/mol. The van der Waals surface area contributed by atoms with Crippen molar-refractivity contribution in [1.29, 1.82) is 0 Å². The molecule has 0 unspecified atom stereocenters. The van der Waals surface area contributed by atoms with Crippen molar-refractivity contribution in [3.8, 4) is 0 Å². The Kier molecular flexibility index (Phi) is 3.25. The predicted octanol–water partition coefficient (Wildman–Crippen LogP) is 3.69. The van der Waals surface area contributed by atoms with Crippen LogP contribution in [0.1, 0.15) is 11.3 Å². The van der Waals surface area contributed by atoms with Crippen LogP contribution in [0.4, 0.5) is 4.39 Å². The molecular formula is C13H12BrFN4S. The number of halogens is 2. The molecule has 0 amide bonds. The molecule has 0 saturated heterocycles. The van der Waals surface area contributed by atoms with Gasteiger partial charge in [-0.1, -0.05) is 0 Å². The highest BCUT2D eigenvalue weighted by molar-refractivity contribution is 9.10. The van der Waals surface area contributed by atoms with Crippen LogP contribution in [0.3, 0.4) is 0 Å². The first kappa shape index (κ1) is 13.5. The lowest BCUT2D eigenvalue weighted by atomic mass is 10.2. The number of H-pyrrole nitrogens is 1. The van der Waals surface area contributed by atoms with E-state index >= 15 is 0 Å². The van der Waals surface area contributed by atoms with E-state index in [0.717, 1.165) is 22.3 Å². The fraction of sp³-hybridized carbons (Fsp3) is 0.231. The van der Waals surface area contributed by atoms with Gasteiger partial charge in [0.25, 0.3) is 0 Å². The Balaban J connectivity index is 2.16. The molecule has 20 heavy (non-hydrogen) atoms. The van der Waals surface area contributed by atoms with Crippen LogP contribution in [0.5, 0.6) is 0 Å². The first-order chi connectivity index (χ1) is 9.45. The highest BCUT2D eigenvalue weighted by atomic mass is 79.9. The number of benzene rings is 1. The smallest absolute Gasteiger partial charge is 0.178 e. The zero-order valence-corrected chi connectivity index (χ0v) is 13.3. The Morgan fingerprint density at radius 3 is 2.85 bits per heavy atom. The average Bonchev–Trinajstić information content (AvgIpc) is 2.83. The van der Waals surface area contributed by atoms with E-state index in [9.17, 15) is 4.39 Å². The minimum atomic E-state index is -0.303. The second kappa shape index (κ2) is 4.82. The van der Waals surface area contributed by atoms with Gasteiger partial charge in [-0.05, 0) is 41.1 Å². The molecule has 0 aliphatic heterocycles. The number of fused-ring (bicyclic) bond motifs is 1. The Hall–Kier alpha value is -1.47. The maximum absolute atomic E-state index is 13.7. The fourth-order valence-electron chi connectivity index (χ4n) is 2.28. The first-order valence-corrected chi connectivity index (χ1v) is 7.22. The van der Waals surface area contributed by atoms with Gasteiger partial charge >= 0.3 is 0 Å². The largest absolute Gasteiger partial charge is 0.331 e. The standard InChI is InChI=1S/C13H12BrFN4S/c1-7-8(5-18(2)17-7)6-19-12-4-10(15)9(14)3-11(12)16-13(19)20/h3-5H,6H2,1-2H3,(H,16,20). The molecule has 0 spiro atoms. The van der Waals surface area contributed by atoms with Gasteiger partial charge in [-0.2, -0.15) is 5.10 Å². The summed E-state index contributed by atoms with van der Waals surface area (Å²) in [6.45, 7) is 2.52. The molecule has 104 valence electrons. The summed E-state index contributed by atoms with van der Waals surface area (Å²) >= 11 is 8.51. The Morgan fingerprint density at radius 1 is 1.45 bits per heavy atom. The van der Waals surface area contributed by atoms with Crippen molar-refractivity contribution >= 4 is 39.2 Å². The normalized spacial score (nSPS) is 11.4. The van der Waals surface area contributed by atoms with E-state index in [1.165, 1.54) is 6.07 Å². The number of aromatic amines is 1. The van der Waals surface area contributed by atoms with Gasteiger partial charge in [0, 0.05) is 24.9 Å². The third-order valence-electron chi connectivity index (χ3n) is 3.26. The molecule has 1 N–H and O–H groups in total. The van der Waals surface area contributed by atoms with Gasteiger partial charge in [0.1, 0.15) is 5.82 Å². The second-order valence-corrected chi connectivity index (χ2v) is 5.95. The minimum Gasteiger partial charge on any atom is -0.331 e. The van der Waals surface area contributed by atoms with Gasteiger partial charge in [0.15, 0.2) is 4.77 Å². The van der Waals surface area contributed by atoms with Crippen LogP contribution < -0.4 is 0 Å². The van der Waals surface area contributed by atoms with E-state index in [1.807, 2.05) is 24.7 Å². The summed E-state index contributed by atoms with van der Waals surface area (Å²) in [5, 5.41) is 4.31. The molecule has 0 fully saturated rings. The van der Waals surface area contributed by atoms with Crippen molar-refractivity contribution < 1.29 is 4.39 Å². The number of imidazole rings is 1. The molecule has 0 radical (unpaired) electrons. The van der Waals surface area contributed by atoms with E-state index < -0.39 is 0 Å². The quantitative estimate of drug-likeness (QED) is 0.712. The lowest BCUT2D eigenvalue weighted by Crippen LogP contribution is -2.00. The Morgan fingerprint density at radius 2 is 2.20 bits per heavy atom. The van der Waals surface area contributed by atoms with Crippen LogP contribution >= 0.6 is 28.1 Å². The van der Waals surface area contributed by atoms with Gasteiger partial charge in [0.2, 0.25) is 0 Å². The molecule has 1 aromatic carbocycles.